The van der Waals surface area contributed by atoms with Gasteiger partial charge in [-0.25, -0.2) is 4.79 Å². The minimum Gasteiger partial charge on any atom is -0.469 e. The van der Waals surface area contributed by atoms with Crippen LogP contribution in [0.3, 0.4) is 0 Å². The summed E-state index contributed by atoms with van der Waals surface area (Å²) in [5.41, 5.74) is 0. The van der Waals surface area contributed by atoms with Crippen LogP contribution in [0.5, 0.6) is 5.75 Å². The van der Waals surface area contributed by atoms with Gasteiger partial charge in [-0.05, 0) is 18.6 Å². The van der Waals surface area contributed by atoms with E-state index in [0.717, 1.165) is 4.90 Å². The number of benzene rings is 1. The summed E-state index contributed by atoms with van der Waals surface area (Å²) in [6, 6.07) is 7.32. The zero-order chi connectivity index (χ0) is 16.8. The zero-order valence-electron chi connectivity index (χ0n) is 12.6. The average molecular weight is 319 g/mol. The molecule has 0 spiro atoms. The number of amides is 1. The average Bonchev–Trinajstić information content (AvgIpc) is 2.60. The molecule has 0 bridgehead atoms. The van der Waals surface area contributed by atoms with E-state index >= 15 is 0 Å². The van der Waals surface area contributed by atoms with E-state index in [1.54, 1.807) is 30.3 Å². The van der Waals surface area contributed by atoms with E-state index in [4.69, 9.17) is 4.74 Å². The van der Waals surface area contributed by atoms with Gasteiger partial charge in [0, 0.05) is 12.5 Å². The maximum atomic E-state index is 12.3. The normalized spacial score (nSPS) is 23.7. The molecule has 1 aliphatic heterocycles. The fourth-order valence-electron chi connectivity index (χ4n) is 2.63. The van der Waals surface area contributed by atoms with Gasteiger partial charge in [0.05, 0.1) is 13.0 Å². The molecular formula is C16H17NO6. The van der Waals surface area contributed by atoms with Crippen LogP contribution in [-0.4, -0.2) is 49.2 Å². The third kappa shape index (κ3) is 3.74. The molecule has 1 aromatic carbocycles. The number of para-hydroxylation sites is 1. The Hall–Kier alpha value is -2.70. The largest absolute Gasteiger partial charge is 0.469 e. The highest BCUT2D eigenvalue weighted by atomic mass is 16.6. The van der Waals surface area contributed by atoms with Crippen molar-refractivity contribution in [2.75, 3.05) is 13.7 Å². The molecular weight excluding hydrogens is 302 g/mol. The molecule has 2 rings (SSSR count). The van der Waals surface area contributed by atoms with E-state index in [2.05, 4.69) is 4.74 Å². The number of piperidine rings is 1. The molecule has 0 unspecified atom stereocenters. The van der Waals surface area contributed by atoms with Crippen LogP contribution in [0.25, 0.3) is 0 Å². The second kappa shape index (κ2) is 7.53. The summed E-state index contributed by atoms with van der Waals surface area (Å²) in [4.78, 5) is 47.8. The van der Waals surface area contributed by atoms with E-state index in [-0.39, 0.29) is 13.0 Å². The number of carbonyl (C=O) groups excluding carboxylic acids is 4. The minimum atomic E-state index is -1.02. The maximum absolute atomic E-state index is 12.3. The van der Waals surface area contributed by atoms with Gasteiger partial charge in [-0.2, -0.15) is 0 Å². The van der Waals surface area contributed by atoms with Gasteiger partial charge in [0.1, 0.15) is 24.4 Å². The zero-order valence-corrected chi connectivity index (χ0v) is 12.6. The highest BCUT2D eigenvalue weighted by molar-refractivity contribution is 5.83. The molecule has 7 nitrogen and oxygen atoms in total. The van der Waals surface area contributed by atoms with Crippen LogP contribution in [0.15, 0.2) is 30.3 Å². The summed E-state index contributed by atoms with van der Waals surface area (Å²) < 4.78 is 9.87. The topological polar surface area (TPSA) is 90.0 Å². The van der Waals surface area contributed by atoms with Crippen LogP contribution in [0.1, 0.15) is 6.42 Å². The fraction of sp³-hybridized carbons (Fsp3) is 0.375. The van der Waals surface area contributed by atoms with E-state index in [1.165, 1.54) is 7.11 Å². The molecule has 122 valence electrons. The number of methoxy groups -OCH3 is 1. The maximum Gasteiger partial charge on any atom is 0.415 e. The molecule has 1 fully saturated rings. The van der Waals surface area contributed by atoms with Crippen molar-refractivity contribution in [2.24, 2.45) is 11.8 Å². The third-order valence-corrected chi connectivity index (χ3v) is 3.78. The van der Waals surface area contributed by atoms with E-state index < -0.39 is 29.9 Å². The molecule has 0 radical (unpaired) electrons. The van der Waals surface area contributed by atoms with Gasteiger partial charge in [0.25, 0.3) is 0 Å². The van der Waals surface area contributed by atoms with Crippen LogP contribution in [0.2, 0.25) is 0 Å². The first kappa shape index (κ1) is 16.7. The number of hydrogen-bond donors (Lipinski definition) is 0. The summed E-state index contributed by atoms with van der Waals surface area (Å²) in [5, 5.41) is 0. The summed E-state index contributed by atoms with van der Waals surface area (Å²) in [7, 11) is 1.20. The number of rotatable bonds is 4. The molecule has 1 saturated heterocycles. The van der Waals surface area contributed by atoms with Crippen LogP contribution in [0, 0.1) is 11.8 Å². The van der Waals surface area contributed by atoms with Gasteiger partial charge in [0.15, 0.2) is 0 Å². The highest BCUT2D eigenvalue weighted by Gasteiger charge is 2.43. The number of carbonyl (C=O) groups is 4. The van der Waals surface area contributed by atoms with Gasteiger partial charge < -0.3 is 19.1 Å². The highest BCUT2D eigenvalue weighted by Crippen LogP contribution is 2.28. The lowest BCUT2D eigenvalue weighted by Gasteiger charge is -2.38. The molecule has 7 heteroatoms. The minimum absolute atomic E-state index is 0.0199. The summed E-state index contributed by atoms with van der Waals surface area (Å²) in [6.07, 6.45) is 0.553. The smallest absolute Gasteiger partial charge is 0.415 e. The molecule has 0 aromatic heterocycles. The fourth-order valence-corrected chi connectivity index (χ4v) is 2.63. The van der Waals surface area contributed by atoms with Crippen LogP contribution in [-0.2, 0) is 19.1 Å². The van der Waals surface area contributed by atoms with Gasteiger partial charge in [0.2, 0.25) is 0 Å². The van der Waals surface area contributed by atoms with E-state index in [1.807, 2.05) is 0 Å². The molecule has 1 amide bonds. The predicted octanol–water partition coefficient (Wildman–Crippen LogP) is 1.06. The molecule has 0 aliphatic carbocycles. The van der Waals surface area contributed by atoms with E-state index in [9.17, 15) is 19.2 Å². The van der Waals surface area contributed by atoms with Crippen molar-refractivity contribution in [2.45, 2.75) is 12.5 Å². The molecule has 23 heavy (non-hydrogen) atoms. The molecule has 0 N–H and O–H groups in total. The Morgan fingerprint density at radius 1 is 1.17 bits per heavy atom. The summed E-state index contributed by atoms with van der Waals surface area (Å²) >= 11 is 0. The number of hydrogen-bond acceptors (Lipinski definition) is 6. The Bertz CT molecular complexity index is 587. The second-order valence-electron chi connectivity index (χ2n) is 5.22. The van der Waals surface area contributed by atoms with Crippen LogP contribution < -0.4 is 4.74 Å². The molecule has 1 aliphatic rings. The van der Waals surface area contributed by atoms with Crippen molar-refractivity contribution < 1.29 is 28.7 Å². The van der Waals surface area contributed by atoms with Crippen molar-refractivity contribution in [1.29, 1.82) is 0 Å². The van der Waals surface area contributed by atoms with Crippen molar-refractivity contribution in [3.63, 3.8) is 0 Å². The van der Waals surface area contributed by atoms with E-state index in [0.29, 0.717) is 18.3 Å². The van der Waals surface area contributed by atoms with Crippen molar-refractivity contribution in [1.82, 2.24) is 4.90 Å². The quantitative estimate of drug-likeness (QED) is 0.609. The predicted molar refractivity (Wildman–Crippen MR) is 78.7 cm³/mol. The Kier molecular flexibility index (Phi) is 5.46. The lowest BCUT2D eigenvalue weighted by Crippen LogP contribution is -2.55. The van der Waals surface area contributed by atoms with Crippen LogP contribution >= 0.6 is 0 Å². The Morgan fingerprint density at radius 3 is 2.43 bits per heavy atom. The first-order valence-corrected chi connectivity index (χ1v) is 7.12. The molecule has 1 heterocycles. The van der Waals surface area contributed by atoms with Gasteiger partial charge in [-0.1, -0.05) is 18.2 Å². The molecule has 3 atom stereocenters. The molecule has 0 saturated carbocycles. The lowest BCUT2D eigenvalue weighted by atomic mass is 9.84. The standard InChI is InChI=1S/C16H17NO6/c1-22-15(20)13-7-11(9-18)8-17(14(13)10-19)16(21)23-12-5-3-2-4-6-12/h2-6,9-11,13-14H,7-8H2,1H3/t11-,13+,14+/m0/s1. The Morgan fingerprint density at radius 2 is 1.87 bits per heavy atom. The van der Waals surface area contributed by atoms with Gasteiger partial charge in [-0.15, -0.1) is 0 Å². The van der Waals surface area contributed by atoms with Crippen LogP contribution in [0.4, 0.5) is 4.79 Å². The summed E-state index contributed by atoms with van der Waals surface area (Å²) in [5.74, 6) is -1.76. The second-order valence-corrected chi connectivity index (χ2v) is 5.22. The van der Waals surface area contributed by atoms with Crippen molar-refractivity contribution >= 4 is 24.6 Å². The molecule has 1 aromatic rings. The Labute approximate surface area is 133 Å². The number of nitrogens with zero attached hydrogens (tertiary/aromatic N) is 1. The van der Waals surface area contributed by atoms with Crippen molar-refractivity contribution in [3.05, 3.63) is 30.3 Å². The SMILES string of the molecule is COC(=O)[C@@H]1C[C@H](C=O)CN(C(=O)Oc2ccccc2)[C@@H]1C=O. The first-order valence-electron chi connectivity index (χ1n) is 7.12. The number of esters is 1. The van der Waals surface area contributed by atoms with Gasteiger partial charge in [-0.3, -0.25) is 9.69 Å². The monoisotopic (exact) mass is 319 g/mol. The number of likely N-dealkylation sites (tertiary alicyclic amines) is 1. The number of ether oxygens (including phenoxy) is 2. The Balaban J connectivity index is 2.22. The summed E-state index contributed by atoms with van der Waals surface area (Å²) in [6.45, 7) is 0.0199. The third-order valence-electron chi connectivity index (χ3n) is 3.78. The van der Waals surface area contributed by atoms with Gasteiger partial charge >= 0.3 is 12.1 Å². The number of aldehydes is 2. The first-order chi connectivity index (χ1) is 11.1. The lowest BCUT2D eigenvalue weighted by molar-refractivity contribution is -0.151. The van der Waals surface area contributed by atoms with Crippen molar-refractivity contribution in [3.8, 4) is 5.75 Å².